The summed E-state index contributed by atoms with van der Waals surface area (Å²) in [6.45, 7) is 2.20. The van der Waals surface area contributed by atoms with Crippen LogP contribution in [0.2, 0.25) is 4.44 Å². The Balaban J connectivity index is 2.51. The first-order valence-electron chi connectivity index (χ1n) is 4.81. The van der Waals surface area contributed by atoms with Crippen LogP contribution in [-0.4, -0.2) is 32.2 Å². The van der Waals surface area contributed by atoms with E-state index in [1.165, 1.54) is 20.9 Å². The van der Waals surface area contributed by atoms with Crippen LogP contribution in [0.1, 0.15) is 30.1 Å². The molecule has 0 heterocycles. The van der Waals surface area contributed by atoms with Gasteiger partial charge >= 0.3 is 94.6 Å². The minimum absolute atomic E-state index is 0.392. The summed E-state index contributed by atoms with van der Waals surface area (Å²) in [4.78, 5) is 10.6. The molecule has 74 valence electrons. The molecule has 0 aliphatic rings. The van der Waals surface area contributed by atoms with Gasteiger partial charge in [-0.2, -0.15) is 0 Å². The van der Waals surface area contributed by atoms with Gasteiger partial charge in [-0.15, -0.1) is 0 Å². The zero-order valence-electron chi connectivity index (χ0n) is 8.29. The first-order valence-corrected chi connectivity index (χ1v) is 8.25. The molecule has 3 heteroatoms. The molecule has 2 radical (unpaired) electrons. The maximum absolute atomic E-state index is 10.6. The number of carboxylic acid groups (broad SMARTS) is 1. The van der Waals surface area contributed by atoms with E-state index in [0.29, 0.717) is 5.56 Å². The van der Waals surface area contributed by atoms with Crippen molar-refractivity contribution in [1.29, 1.82) is 0 Å². The molecule has 0 atom stereocenters. The van der Waals surface area contributed by atoms with Crippen molar-refractivity contribution in [3.05, 3.63) is 29.8 Å². The van der Waals surface area contributed by atoms with Gasteiger partial charge in [0.2, 0.25) is 0 Å². The predicted molar refractivity (Wildman–Crippen MR) is 58.5 cm³/mol. The van der Waals surface area contributed by atoms with Crippen molar-refractivity contribution in [1.82, 2.24) is 0 Å². The molecular formula is C11H14O2Sn. The van der Waals surface area contributed by atoms with Crippen LogP contribution >= 0.6 is 0 Å². The number of carbonyl (C=O) groups is 1. The first-order chi connectivity index (χ1) is 6.74. The second kappa shape index (κ2) is 6.06. The van der Waals surface area contributed by atoms with Gasteiger partial charge in [0.25, 0.3) is 0 Å². The van der Waals surface area contributed by atoms with E-state index in [9.17, 15) is 4.79 Å². The third-order valence-corrected chi connectivity index (χ3v) is 5.83. The number of aromatic carboxylic acids is 1. The molecule has 2 nitrogen and oxygen atoms in total. The Morgan fingerprint density at radius 3 is 2.50 bits per heavy atom. The monoisotopic (exact) mass is 298 g/mol. The standard InChI is InChI=1S/C7H5O2.C4H9.Sn/c8-7(9)6-4-2-1-3-5-6;1-3-4-2;/h2-5H,(H,8,9);1,3-4H2,2H3;. The van der Waals surface area contributed by atoms with Gasteiger partial charge in [-0.1, -0.05) is 0 Å². The van der Waals surface area contributed by atoms with Crippen LogP contribution < -0.4 is 3.58 Å². The molecular weight excluding hydrogens is 283 g/mol. The Morgan fingerprint density at radius 1 is 1.36 bits per heavy atom. The van der Waals surface area contributed by atoms with Crippen molar-refractivity contribution in [3.8, 4) is 0 Å². The summed E-state index contributed by atoms with van der Waals surface area (Å²) in [5, 5.41) is 8.70. The SMILES string of the molecule is CCC[CH2][Sn][c]1ccc(C(=O)O)cc1. The minimum atomic E-state index is -0.837. The van der Waals surface area contributed by atoms with Crippen molar-refractivity contribution in [2.24, 2.45) is 0 Å². The van der Waals surface area contributed by atoms with Crippen LogP contribution in [0.3, 0.4) is 0 Å². The van der Waals surface area contributed by atoms with Crippen molar-refractivity contribution in [2.75, 3.05) is 0 Å². The van der Waals surface area contributed by atoms with Crippen LogP contribution in [0, 0.1) is 0 Å². The van der Waals surface area contributed by atoms with Crippen LogP contribution in [0.15, 0.2) is 24.3 Å². The number of carboxylic acids is 1. The summed E-state index contributed by atoms with van der Waals surface area (Å²) >= 11 is -0.426. The van der Waals surface area contributed by atoms with Gasteiger partial charge in [0.05, 0.1) is 0 Å². The van der Waals surface area contributed by atoms with Crippen LogP contribution in [0.5, 0.6) is 0 Å². The van der Waals surface area contributed by atoms with E-state index in [-0.39, 0.29) is 0 Å². The zero-order chi connectivity index (χ0) is 10.4. The molecule has 0 saturated heterocycles. The number of unbranched alkanes of at least 4 members (excludes halogenated alkanes) is 1. The summed E-state index contributed by atoms with van der Waals surface area (Å²) in [5.41, 5.74) is 0.392. The van der Waals surface area contributed by atoms with Gasteiger partial charge in [-0.05, 0) is 0 Å². The topological polar surface area (TPSA) is 37.3 Å². The summed E-state index contributed by atoms with van der Waals surface area (Å²) in [6, 6.07) is 7.38. The molecule has 0 aliphatic heterocycles. The average molecular weight is 297 g/mol. The quantitative estimate of drug-likeness (QED) is 0.666. The van der Waals surface area contributed by atoms with Gasteiger partial charge in [0.1, 0.15) is 0 Å². The van der Waals surface area contributed by atoms with E-state index in [2.05, 4.69) is 6.92 Å². The summed E-state index contributed by atoms with van der Waals surface area (Å²) < 4.78 is 2.75. The fraction of sp³-hybridized carbons (Fsp3) is 0.364. The normalized spacial score (nSPS) is 10.1. The summed E-state index contributed by atoms with van der Waals surface area (Å²) in [7, 11) is 0. The molecule has 0 aromatic heterocycles. The Labute approximate surface area is 94.6 Å². The molecule has 0 saturated carbocycles. The first kappa shape index (κ1) is 11.6. The molecule has 1 rings (SSSR count). The van der Waals surface area contributed by atoms with E-state index in [1.807, 2.05) is 12.1 Å². The summed E-state index contributed by atoms with van der Waals surface area (Å²) in [6.07, 6.45) is 2.57. The maximum atomic E-state index is 10.6. The molecule has 1 aromatic carbocycles. The number of hydrogen-bond donors (Lipinski definition) is 1. The van der Waals surface area contributed by atoms with Gasteiger partial charge in [-0.3, -0.25) is 0 Å². The molecule has 14 heavy (non-hydrogen) atoms. The van der Waals surface area contributed by atoms with Gasteiger partial charge in [0.15, 0.2) is 0 Å². The van der Waals surface area contributed by atoms with Crippen molar-refractivity contribution in [2.45, 2.75) is 24.2 Å². The Bertz CT molecular complexity index is 293. The molecule has 1 N–H and O–H groups in total. The van der Waals surface area contributed by atoms with Gasteiger partial charge in [0, 0.05) is 0 Å². The van der Waals surface area contributed by atoms with E-state index < -0.39 is 27.1 Å². The second-order valence-corrected chi connectivity index (χ2v) is 7.25. The Hall–Kier alpha value is -0.511. The third kappa shape index (κ3) is 3.70. The molecule has 0 bridgehead atoms. The average Bonchev–Trinajstić information content (AvgIpc) is 2.19. The molecule has 0 spiro atoms. The Morgan fingerprint density at radius 2 is 2.00 bits per heavy atom. The second-order valence-electron chi connectivity index (χ2n) is 3.16. The zero-order valence-corrected chi connectivity index (χ0v) is 11.1. The fourth-order valence-corrected chi connectivity index (χ4v) is 4.63. The molecule has 0 unspecified atom stereocenters. The van der Waals surface area contributed by atoms with Crippen molar-refractivity contribution < 1.29 is 9.90 Å². The van der Waals surface area contributed by atoms with E-state index in [1.54, 1.807) is 12.1 Å². The summed E-state index contributed by atoms with van der Waals surface area (Å²) in [5.74, 6) is -0.837. The third-order valence-electron chi connectivity index (χ3n) is 1.99. The van der Waals surface area contributed by atoms with Crippen LogP contribution in [0.4, 0.5) is 0 Å². The van der Waals surface area contributed by atoms with Crippen molar-refractivity contribution >= 4 is 30.7 Å². The van der Waals surface area contributed by atoms with E-state index in [4.69, 9.17) is 5.11 Å². The molecule has 0 aliphatic carbocycles. The number of hydrogen-bond acceptors (Lipinski definition) is 1. The van der Waals surface area contributed by atoms with Gasteiger partial charge in [-0.25, -0.2) is 0 Å². The van der Waals surface area contributed by atoms with Crippen LogP contribution in [-0.2, 0) is 0 Å². The van der Waals surface area contributed by atoms with Crippen LogP contribution in [0.25, 0.3) is 0 Å². The fourth-order valence-electron chi connectivity index (χ4n) is 1.14. The van der Waals surface area contributed by atoms with Crippen molar-refractivity contribution in [3.63, 3.8) is 0 Å². The molecule has 1 aromatic rings. The van der Waals surface area contributed by atoms with E-state index >= 15 is 0 Å². The molecule has 0 fully saturated rings. The van der Waals surface area contributed by atoms with E-state index in [0.717, 1.165) is 0 Å². The number of benzene rings is 1. The van der Waals surface area contributed by atoms with Gasteiger partial charge < -0.3 is 0 Å². The predicted octanol–water partition coefficient (Wildman–Crippen LogP) is 1.93. The number of rotatable bonds is 5. The molecule has 0 amide bonds. The Kier molecular flexibility index (Phi) is 5.01.